The average molecular weight is 195 g/mol. The fourth-order valence-electron chi connectivity index (χ4n) is 0.963. The fraction of sp³-hybridized carbons (Fsp3) is 0.222. The highest BCUT2D eigenvalue weighted by atomic mass is 32.2. The molecule has 0 heterocycles. The molecule has 1 aromatic carbocycles. The molecular weight excluding hydrogens is 186 g/mol. The zero-order chi connectivity index (χ0) is 9.68. The number of methoxy groups -OCH3 is 2. The van der Waals surface area contributed by atoms with Gasteiger partial charge >= 0.3 is 0 Å². The number of nitrogens with zero attached hydrogens (tertiary/aromatic N) is 1. The lowest BCUT2D eigenvalue weighted by Crippen LogP contribution is -1.90. The summed E-state index contributed by atoms with van der Waals surface area (Å²) in [5, 5.41) is 10.6. The zero-order valence-electron chi connectivity index (χ0n) is 7.40. The minimum Gasteiger partial charge on any atom is -0.495 e. The Hall–Kier alpha value is -1.34. The third kappa shape index (κ3) is 2.07. The molecular formula is C9H9NO2S. The standard InChI is InChI=1S/C9H9NO2S/c1-11-7-4-3-5-8(12-2)9(7)13-6-10/h3-5H,1-2H3. The maximum atomic E-state index is 8.56. The molecule has 0 N–H and O–H groups in total. The molecule has 1 rings (SSSR count). The zero-order valence-corrected chi connectivity index (χ0v) is 8.22. The highest BCUT2D eigenvalue weighted by Gasteiger charge is 2.09. The van der Waals surface area contributed by atoms with E-state index in [4.69, 9.17) is 14.7 Å². The van der Waals surface area contributed by atoms with Gasteiger partial charge in [0.1, 0.15) is 21.8 Å². The van der Waals surface area contributed by atoms with Gasteiger partial charge in [-0.1, -0.05) is 6.07 Å². The van der Waals surface area contributed by atoms with Gasteiger partial charge in [-0.25, -0.2) is 0 Å². The van der Waals surface area contributed by atoms with Crippen LogP contribution in [0.4, 0.5) is 0 Å². The van der Waals surface area contributed by atoms with Crippen molar-refractivity contribution in [3.8, 4) is 16.9 Å². The van der Waals surface area contributed by atoms with Crippen molar-refractivity contribution in [2.75, 3.05) is 14.2 Å². The number of hydrogen-bond donors (Lipinski definition) is 0. The monoisotopic (exact) mass is 195 g/mol. The van der Waals surface area contributed by atoms with Crippen LogP contribution in [0.5, 0.6) is 11.5 Å². The van der Waals surface area contributed by atoms with Crippen LogP contribution >= 0.6 is 11.8 Å². The SMILES string of the molecule is COc1cccc(OC)c1SC#N. The number of thioether (sulfide) groups is 1. The Morgan fingerprint density at radius 1 is 1.23 bits per heavy atom. The van der Waals surface area contributed by atoms with Gasteiger partial charge in [0.2, 0.25) is 0 Å². The molecule has 0 saturated carbocycles. The van der Waals surface area contributed by atoms with Crippen molar-refractivity contribution >= 4 is 11.8 Å². The predicted octanol–water partition coefficient (Wildman–Crippen LogP) is 2.28. The second kappa shape index (κ2) is 4.63. The first kappa shape index (κ1) is 9.75. The molecule has 4 heteroatoms. The Morgan fingerprint density at radius 2 is 1.77 bits per heavy atom. The van der Waals surface area contributed by atoms with E-state index in [2.05, 4.69) is 0 Å². The Morgan fingerprint density at radius 3 is 2.15 bits per heavy atom. The fourth-order valence-corrected chi connectivity index (χ4v) is 1.56. The number of rotatable bonds is 3. The molecule has 0 aliphatic heterocycles. The van der Waals surface area contributed by atoms with E-state index in [9.17, 15) is 0 Å². The number of thiocyanates is 1. The molecule has 0 amide bonds. The van der Waals surface area contributed by atoms with Crippen LogP contribution in [0.2, 0.25) is 0 Å². The Kier molecular flexibility index (Phi) is 3.47. The van der Waals surface area contributed by atoms with Gasteiger partial charge in [0.15, 0.2) is 0 Å². The van der Waals surface area contributed by atoms with E-state index in [1.54, 1.807) is 26.4 Å². The van der Waals surface area contributed by atoms with Crippen molar-refractivity contribution in [2.45, 2.75) is 4.90 Å². The van der Waals surface area contributed by atoms with Gasteiger partial charge < -0.3 is 9.47 Å². The summed E-state index contributed by atoms with van der Waals surface area (Å²) < 4.78 is 10.2. The van der Waals surface area contributed by atoms with Crippen LogP contribution in [-0.2, 0) is 0 Å². The molecule has 1 aromatic rings. The van der Waals surface area contributed by atoms with E-state index >= 15 is 0 Å². The molecule has 68 valence electrons. The maximum absolute atomic E-state index is 8.56. The molecule has 0 aromatic heterocycles. The second-order valence-corrected chi connectivity index (χ2v) is 2.98. The average Bonchev–Trinajstić information content (AvgIpc) is 2.18. The summed E-state index contributed by atoms with van der Waals surface area (Å²) in [6.45, 7) is 0. The van der Waals surface area contributed by atoms with Crippen molar-refractivity contribution in [1.82, 2.24) is 0 Å². The van der Waals surface area contributed by atoms with Crippen LogP contribution in [0.3, 0.4) is 0 Å². The van der Waals surface area contributed by atoms with Gasteiger partial charge in [-0.3, -0.25) is 0 Å². The van der Waals surface area contributed by atoms with Crippen LogP contribution in [0.25, 0.3) is 0 Å². The summed E-state index contributed by atoms with van der Waals surface area (Å²) in [5.74, 6) is 1.32. The van der Waals surface area contributed by atoms with Crippen LogP contribution in [-0.4, -0.2) is 14.2 Å². The molecule has 0 bridgehead atoms. The van der Waals surface area contributed by atoms with Crippen LogP contribution in [0, 0.1) is 10.7 Å². The molecule has 13 heavy (non-hydrogen) atoms. The number of benzene rings is 1. The topological polar surface area (TPSA) is 42.2 Å². The molecule has 0 atom stereocenters. The van der Waals surface area contributed by atoms with Crippen LogP contribution < -0.4 is 9.47 Å². The molecule has 0 fully saturated rings. The maximum Gasteiger partial charge on any atom is 0.138 e. The van der Waals surface area contributed by atoms with Gasteiger partial charge in [0, 0.05) is 0 Å². The van der Waals surface area contributed by atoms with E-state index in [0.717, 1.165) is 16.7 Å². The number of ether oxygens (including phenoxy) is 2. The Labute approximate surface area is 81.3 Å². The van der Waals surface area contributed by atoms with E-state index in [0.29, 0.717) is 11.5 Å². The van der Waals surface area contributed by atoms with E-state index in [1.165, 1.54) is 0 Å². The Balaban J connectivity index is 3.14. The molecule has 3 nitrogen and oxygen atoms in total. The minimum absolute atomic E-state index is 0.658. The number of nitriles is 1. The quantitative estimate of drug-likeness (QED) is 0.548. The normalized spacial score (nSPS) is 9.00. The summed E-state index contributed by atoms with van der Waals surface area (Å²) in [6.07, 6.45) is 0. The summed E-state index contributed by atoms with van der Waals surface area (Å²) in [6, 6.07) is 5.41. The first-order valence-corrected chi connectivity index (χ1v) is 4.42. The van der Waals surface area contributed by atoms with Crippen LogP contribution in [0.15, 0.2) is 23.1 Å². The van der Waals surface area contributed by atoms with Crippen molar-refractivity contribution in [3.63, 3.8) is 0 Å². The van der Waals surface area contributed by atoms with Gasteiger partial charge in [0.25, 0.3) is 0 Å². The lowest BCUT2D eigenvalue weighted by Gasteiger charge is -2.08. The highest BCUT2D eigenvalue weighted by molar-refractivity contribution is 8.03. The molecule has 0 aliphatic rings. The minimum atomic E-state index is 0.658. The van der Waals surface area contributed by atoms with Crippen LogP contribution in [0.1, 0.15) is 0 Å². The van der Waals surface area contributed by atoms with Crippen molar-refractivity contribution in [1.29, 1.82) is 5.26 Å². The van der Waals surface area contributed by atoms with Gasteiger partial charge in [-0.05, 0) is 23.9 Å². The first-order chi connectivity index (χ1) is 6.33. The summed E-state index contributed by atoms with van der Waals surface area (Å²) in [4.78, 5) is 0.718. The molecule has 0 saturated heterocycles. The molecule has 0 radical (unpaired) electrons. The third-order valence-electron chi connectivity index (χ3n) is 1.53. The second-order valence-electron chi connectivity index (χ2n) is 2.19. The van der Waals surface area contributed by atoms with Gasteiger partial charge in [-0.15, -0.1) is 0 Å². The summed E-state index contributed by atoms with van der Waals surface area (Å²) in [7, 11) is 3.13. The third-order valence-corrected chi connectivity index (χ3v) is 2.23. The van der Waals surface area contributed by atoms with Gasteiger partial charge in [-0.2, -0.15) is 5.26 Å². The lowest BCUT2D eigenvalue weighted by molar-refractivity contribution is 0.376. The van der Waals surface area contributed by atoms with E-state index < -0.39 is 0 Å². The van der Waals surface area contributed by atoms with Crippen molar-refractivity contribution < 1.29 is 9.47 Å². The molecule has 0 spiro atoms. The molecule has 0 aliphatic carbocycles. The largest absolute Gasteiger partial charge is 0.495 e. The lowest BCUT2D eigenvalue weighted by atomic mass is 10.3. The highest BCUT2D eigenvalue weighted by Crippen LogP contribution is 2.36. The van der Waals surface area contributed by atoms with E-state index in [-0.39, 0.29) is 0 Å². The summed E-state index contributed by atoms with van der Waals surface area (Å²) >= 11 is 1.03. The Bertz CT molecular complexity index is 311. The summed E-state index contributed by atoms with van der Waals surface area (Å²) in [5.41, 5.74) is 0. The van der Waals surface area contributed by atoms with E-state index in [1.807, 2.05) is 11.5 Å². The smallest absolute Gasteiger partial charge is 0.138 e. The van der Waals surface area contributed by atoms with Gasteiger partial charge in [0.05, 0.1) is 14.2 Å². The predicted molar refractivity (Wildman–Crippen MR) is 51.0 cm³/mol. The van der Waals surface area contributed by atoms with Crippen molar-refractivity contribution in [2.24, 2.45) is 0 Å². The first-order valence-electron chi connectivity index (χ1n) is 3.60. The molecule has 0 unspecified atom stereocenters. The van der Waals surface area contributed by atoms with Crippen molar-refractivity contribution in [3.05, 3.63) is 18.2 Å². The number of hydrogen-bond acceptors (Lipinski definition) is 4.